The van der Waals surface area contributed by atoms with Gasteiger partial charge in [0.15, 0.2) is 0 Å². The molecular formula is C16H23NOS. The van der Waals surface area contributed by atoms with Crippen molar-refractivity contribution in [3.63, 3.8) is 0 Å². The number of ether oxygens (including phenoxy) is 1. The predicted octanol–water partition coefficient (Wildman–Crippen LogP) is 3.82. The van der Waals surface area contributed by atoms with Gasteiger partial charge in [-0.25, -0.2) is 0 Å². The molecule has 1 aromatic rings. The molecule has 0 amide bonds. The molecule has 19 heavy (non-hydrogen) atoms. The van der Waals surface area contributed by atoms with Gasteiger partial charge in [-0.2, -0.15) is 0 Å². The Labute approximate surface area is 121 Å². The Balaban J connectivity index is 2.06. The van der Waals surface area contributed by atoms with Crippen molar-refractivity contribution in [2.45, 2.75) is 45.4 Å². The van der Waals surface area contributed by atoms with Gasteiger partial charge in [-0.1, -0.05) is 51.2 Å². The standard InChI is InChI=1S/C16H23NOS/c1-15(2,3)12-6-4-5-7-13(12)18-11-16(8-9-16)10-14(17)19/h4-7H,8-11H2,1-3H3,(H2,17,19). The quantitative estimate of drug-likeness (QED) is 0.831. The molecule has 1 saturated carbocycles. The molecule has 0 spiro atoms. The first-order chi connectivity index (χ1) is 8.82. The molecule has 0 bridgehead atoms. The smallest absolute Gasteiger partial charge is 0.123 e. The minimum atomic E-state index is 0.0937. The minimum Gasteiger partial charge on any atom is -0.493 e. The topological polar surface area (TPSA) is 35.2 Å². The lowest BCUT2D eigenvalue weighted by Crippen LogP contribution is -2.22. The summed E-state index contributed by atoms with van der Waals surface area (Å²) in [5.74, 6) is 0.990. The normalized spacial score (nSPS) is 17.0. The van der Waals surface area contributed by atoms with E-state index in [2.05, 4.69) is 39.0 Å². The first-order valence-corrected chi connectivity index (χ1v) is 7.24. The van der Waals surface area contributed by atoms with Crippen molar-refractivity contribution < 1.29 is 4.74 Å². The summed E-state index contributed by atoms with van der Waals surface area (Å²) in [4.78, 5) is 0.602. The fourth-order valence-corrected chi connectivity index (χ4v) is 2.67. The van der Waals surface area contributed by atoms with Crippen LogP contribution in [0.2, 0.25) is 0 Å². The zero-order valence-corrected chi connectivity index (χ0v) is 12.8. The van der Waals surface area contributed by atoms with E-state index in [1.165, 1.54) is 18.4 Å². The first-order valence-electron chi connectivity index (χ1n) is 6.83. The zero-order chi connectivity index (χ0) is 14.1. The monoisotopic (exact) mass is 277 g/mol. The van der Waals surface area contributed by atoms with Crippen LogP contribution in [0.15, 0.2) is 24.3 Å². The molecule has 0 radical (unpaired) electrons. The van der Waals surface area contributed by atoms with Gasteiger partial charge in [0.2, 0.25) is 0 Å². The first kappa shape index (κ1) is 14.3. The maximum atomic E-state index is 6.08. The largest absolute Gasteiger partial charge is 0.493 e. The van der Waals surface area contributed by atoms with Gasteiger partial charge in [-0.05, 0) is 29.9 Å². The highest BCUT2D eigenvalue weighted by atomic mass is 32.1. The Bertz CT molecular complexity index is 472. The van der Waals surface area contributed by atoms with Crippen LogP contribution in [-0.4, -0.2) is 11.6 Å². The van der Waals surface area contributed by atoms with Crippen LogP contribution in [-0.2, 0) is 5.41 Å². The van der Waals surface area contributed by atoms with Gasteiger partial charge < -0.3 is 10.5 Å². The number of benzene rings is 1. The Morgan fingerprint density at radius 3 is 2.47 bits per heavy atom. The molecule has 3 heteroatoms. The molecule has 1 fully saturated rings. The predicted molar refractivity (Wildman–Crippen MR) is 83.7 cm³/mol. The van der Waals surface area contributed by atoms with Gasteiger partial charge >= 0.3 is 0 Å². The van der Waals surface area contributed by atoms with Crippen LogP contribution >= 0.6 is 12.2 Å². The molecule has 104 valence electrons. The van der Waals surface area contributed by atoms with E-state index in [1.54, 1.807) is 0 Å². The van der Waals surface area contributed by atoms with Crippen LogP contribution in [0.25, 0.3) is 0 Å². The Morgan fingerprint density at radius 1 is 1.32 bits per heavy atom. The number of hydrogen-bond acceptors (Lipinski definition) is 2. The number of hydrogen-bond donors (Lipinski definition) is 1. The van der Waals surface area contributed by atoms with Gasteiger partial charge in [-0.15, -0.1) is 0 Å². The summed E-state index contributed by atoms with van der Waals surface area (Å²) >= 11 is 5.02. The average Bonchev–Trinajstić information content (AvgIpc) is 3.05. The van der Waals surface area contributed by atoms with Gasteiger partial charge in [0, 0.05) is 11.8 Å². The third-order valence-corrected chi connectivity index (χ3v) is 3.88. The fraction of sp³-hybridized carbons (Fsp3) is 0.562. The van der Waals surface area contributed by atoms with E-state index in [-0.39, 0.29) is 10.8 Å². The SMILES string of the molecule is CC(C)(C)c1ccccc1OCC1(CC(N)=S)CC1. The van der Waals surface area contributed by atoms with Crippen LogP contribution in [0.5, 0.6) is 5.75 Å². The molecule has 1 aliphatic rings. The fourth-order valence-electron chi connectivity index (χ4n) is 2.36. The molecule has 0 atom stereocenters. The lowest BCUT2D eigenvalue weighted by atomic mass is 9.86. The van der Waals surface area contributed by atoms with Crippen molar-refractivity contribution in [1.29, 1.82) is 0 Å². The highest BCUT2D eigenvalue weighted by Gasteiger charge is 2.44. The third-order valence-electron chi connectivity index (χ3n) is 3.74. The van der Waals surface area contributed by atoms with Gasteiger partial charge in [-0.3, -0.25) is 0 Å². The summed E-state index contributed by atoms with van der Waals surface area (Å²) in [5, 5.41) is 0. The second-order valence-electron chi connectivity index (χ2n) is 6.68. The zero-order valence-electron chi connectivity index (χ0n) is 12.0. The number of thiocarbonyl (C=S) groups is 1. The molecule has 0 heterocycles. The highest BCUT2D eigenvalue weighted by Crippen LogP contribution is 2.49. The summed E-state index contributed by atoms with van der Waals surface area (Å²) in [6, 6.07) is 8.28. The van der Waals surface area contributed by atoms with Crippen molar-refractivity contribution >= 4 is 17.2 Å². The van der Waals surface area contributed by atoms with Crippen LogP contribution in [0.1, 0.15) is 45.6 Å². The van der Waals surface area contributed by atoms with E-state index in [0.29, 0.717) is 4.99 Å². The number of nitrogens with two attached hydrogens (primary N) is 1. The maximum Gasteiger partial charge on any atom is 0.123 e. The molecule has 2 rings (SSSR count). The molecule has 2 nitrogen and oxygen atoms in total. The summed E-state index contributed by atoms with van der Waals surface area (Å²) in [5.41, 5.74) is 7.21. The summed E-state index contributed by atoms with van der Waals surface area (Å²) in [6.45, 7) is 7.34. The second kappa shape index (κ2) is 5.12. The second-order valence-corrected chi connectivity index (χ2v) is 7.20. The van der Waals surface area contributed by atoms with E-state index in [0.717, 1.165) is 18.8 Å². The summed E-state index contributed by atoms with van der Waals surface area (Å²) in [6.07, 6.45) is 3.14. The Hall–Kier alpha value is -1.09. The Morgan fingerprint density at radius 2 is 1.95 bits per heavy atom. The molecule has 0 aromatic heterocycles. The van der Waals surface area contributed by atoms with Gasteiger partial charge in [0.25, 0.3) is 0 Å². The molecule has 0 aliphatic heterocycles. The maximum absolute atomic E-state index is 6.08. The van der Waals surface area contributed by atoms with E-state index in [4.69, 9.17) is 22.7 Å². The lowest BCUT2D eigenvalue weighted by Gasteiger charge is -2.24. The molecular weight excluding hydrogens is 254 g/mol. The summed E-state index contributed by atoms with van der Waals surface area (Å²) < 4.78 is 6.08. The number of rotatable bonds is 5. The average molecular weight is 277 g/mol. The molecule has 2 N–H and O–H groups in total. The van der Waals surface area contributed by atoms with Crippen LogP contribution in [0.3, 0.4) is 0 Å². The van der Waals surface area contributed by atoms with Crippen molar-refractivity contribution in [2.75, 3.05) is 6.61 Å². The summed E-state index contributed by atoms with van der Waals surface area (Å²) in [7, 11) is 0. The van der Waals surface area contributed by atoms with E-state index in [9.17, 15) is 0 Å². The molecule has 0 saturated heterocycles. The lowest BCUT2D eigenvalue weighted by molar-refractivity contribution is 0.234. The van der Waals surface area contributed by atoms with Crippen LogP contribution < -0.4 is 10.5 Å². The van der Waals surface area contributed by atoms with E-state index < -0.39 is 0 Å². The molecule has 0 unspecified atom stereocenters. The molecule has 1 aliphatic carbocycles. The third kappa shape index (κ3) is 3.69. The van der Waals surface area contributed by atoms with Crippen LogP contribution in [0.4, 0.5) is 0 Å². The van der Waals surface area contributed by atoms with E-state index >= 15 is 0 Å². The highest BCUT2D eigenvalue weighted by molar-refractivity contribution is 7.80. The number of para-hydroxylation sites is 1. The minimum absolute atomic E-state index is 0.0937. The molecule has 1 aromatic carbocycles. The van der Waals surface area contributed by atoms with E-state index in [1.807, 2.05) is 6.07 Å². The Kier molecular flexibility index (Phi) is 3.86. The van der Waals surface area contributed by atoms with Crippen molar-refractivity contribution in [3.8, 4) is 5.75 Å². The van der Waals surface area contributed by atoms with Gasteiger partial charge in [0.05, 0.1) is 11.6 Å². The van der Waals surface area contributed by atoms with Crippen molar-refractivity contribution in [2.24, 2.45) is 11.1 Å². The van der Waals surface area contributed by atoms with Crippen molar-refractivity contribution in [3.05, 3.63) is 29.8 Å². The van der Waals surface area contributed by atoms with Gasteiger partial charge in [0.1, 0.15) is 5.75 Å². The van der Waals surface area contributed by atoms with Crippen LogP contribution in [0, 0.1) is 5.41 Å². The van der Waals surface area contributed by atoms with Crippen molar-refractivity contribution in [1.82, 2.24) is 0 Å².